The Morgan fingerprint density at radius 3 is 2.69 bits per heavy atom. The fraction of sp³-hybridized carbons (Fsp3) is 0.286. The molecule has 0 spiro atoms. The molecule has 0 aliphatic rings. The van der Waals surface area contributed by atoms with Crippen LogP contribution in [0.25, 0.3) is 0 Å². The number of halogens is 4. The third-order valence-electron chi connectivity index (χ3n) is 1.50. The van der Waals surface area contributed by atoms with E-state index in [4.69, 9.17) is 0 Å². The van der Waals surface area contributed by atoms with Crippen LogP contribution in [0.5, 0.6) is 0 Å². The number of rotatable bonds is 2. The molecule has 1 N–H and O–H groups in total. The first kappa shape index (κ1) is 11.1. The number of H-pyrrole nitrogens is 1. The van der Waals surface area contributed by atoms with E-state index in [0.717, 1.165) is 0 Å². The van der Waals surface area contributed by atoms with Gasteiger partial charge in [0.05, 0.1) is 5.56 Å². The summed E-state index contributed by atoms with van der Waals surface area (Å²) in [6.07, 6.45) is -1.29. The largest absolute Gasteiger partial charge is 0.328 e. The fourth-order valence-corrected chi connectivity index (χ4v) is 2.65. The summed E-state index contributed by atoms with van der Waals surface area (Å²) in [6.45, 7) is 0. The Morgan fingerprint density at radius 1 is 1.62 bits per heavy atom. The molecule has 6 heteroatoms. The minimum absolute atomic E-state index is 0.327. The monoisotopic (exact) mass is 363 g/mol. The summed E-state index contributed by atoms with van der Waals surface area (Å²) in [5.41, 5.74) is -0.503. The molecule has 0 fully saturated rings. The average Bonchev–Trinajstić information content (AvgIpc) is 2.04. The lowest BCUT2D eigenvalue weighted by Crippen LogP contribution is -2.16. The predicted molar refractivity (Wildman–Crippen MR) is 57.4 cm³/mol. The molecular weight excluding hydrogens is 359 g/mol. The van der Waals surface area contributed by atoms with Gasteiger partial charge in [-0.1, -0.05) is 15.9 Å². The van der Waals surface area contributed by atoms with Crippen LogP contribution in [0.15, 0.2) is 11.0 Å². The van der Waals surface area contributed by atoms with Crippen LogP contribution in [-0.2, 0) is 5.33 Å². The predicted octanol–water partition coefficient (Wildman–Crippen LogP) is 2.81. The maximum atomic E-state index is 12.4. The van der Waals surface area contributed by atoms with Gasteiger partial charge in [0.2, 0.25) is 0 Å². The first-order valence-corrected chi connectivity index (χ1v) is 5.52. The summed E-state index contributed by atoms with van der Waals surface area (Å²) in [6, 6.07) is 0. The van der Waals surface area contributed by atoms with Gasteiger partial charge >= 0.3 is 0 Å². The maximum Gasteiger partial charge on any atom is 0.270 e. The summed E-state index contributed by atoms with van der Waals surface area (Å²) in [7, 11) is 0. The second kappa shape index (κ2) is 4.50. The van der Waals surface area contributed by atoms with Crippen molar-refractivity contribution in [2.24, 2.45) is 0 Å². The molecule has 13 heavy (non-hydrogen) atoms. The van der Waals surface area contributed by atoms with Crippen LogP contribution in [-0.4, -0.2) is 4.98 Å². The van der Waals surface area contributed by atoms with E-state index in [2.05, 4.69) is 20.9 Å². The van der Waals surface area contributed by atoms with Gasteiger partial charge < -0.3 is 4.98 Å². The van der Waals surface area contributed by atoms with Gasteiger partial charge in [-0.05, 0) is 28.2 Å². The zero-order chi connectivity index (χ0) is 10.0. The van der Waals surface area contributed by atoms with Gasteiger partial charge in [-0.15, -0.1) is 0 Å². The highest BCUT2D eigenvalue weighted by atomic mass is 127. The van der Waals surface area contributed by atoms with Gasteiger partial charge in [0.15, 0.2) is 0 Å². The van der Waals surface area contributed by atoms with E-state index >= 15 is 0 Å². The van der Waals surface area contributed by atoms with E-state index in [0.29, 0.717) is 14.5 Å². The lowest BCUT2D eigenvalue weighted by molar-refractivity contribution is 0.148. The first-order valence-electron chi connectivity index (χ1n) is 3.32. The van der Waals surface area contributed by atoms with E-state index < -0.39 is 17.5 Å². The van der Waals surface area contributed by atoms with Crippen molar-refractivity contribution < 1.29 is 8.78 Å². The first-order chi connectivity index (χ1) is 6.07. The van der Waals surface area contributed by atoms with E-state index in [-0.39, 0.29) is 0 Å². The summed E-state index contributed by atoms with van der Waals surface area (Å²) >= 11 is 4.90. The van der Waals surface area contributed by atoms with Crippen LogP contribution < -0.4 is 5.56 Å². The lowest BCUT2D eigenvalue weighted by atomic mass is 10.2. The molecule has 0 aliphatic carbocycles. The molecule has 1 aromatic rings. The Morgan fingerprint density at radius 2 is 2.23 bits per heavy atom. The van der Waals surface area contributed by atoms with Gasteiger partial charge in [-0.3, -0.25) is 4.79 Å². The van der Waals surface area contributed by atoms with Gasteiger partial charge in [0.25, 0.3) is 12.0 Å². The Balaban J connectivity index is 3.39. The van der Waals surface area contributed by atoms with Gasteiger partial charge in [0.1, 0.15) is 0 Å². The normalized spacial score (nSPS) is 10.8. The van der Waals surface area contributed by atoms with E-state index in [1.54, 1.807) is 22.6 Å². The third kappa shape index (κ3) is 2.28. The Kier molecular flexibility index (Phi) is 3.84. The second-order valence-corrected chi connectivity index (χ2v) is 3.94. The summed E-state index contributed by atoms with van der Waals surface area (Å²) in [4.78, 5) is 13.3. The number of aromatic amines is 1. The molecule has 0 atom stereocenters. The van der Waals surface area contributed by atoms with Crippen molar-refractivity contribution in [3.05, 3.63) is 31.2 Å². The standard InChI is InChI=1S/C7H5BrF2INO/c8-1-3-2-12-7(13)4(5(3)11)6(9)10/h2,6H,1H2,(H,12,13). The molecule has 0 unspecified atom stereocenters. The highest BCUT2D eigenvalue weighted by molar-refractivity contribution is 14.1. The molecule has 1 aromatic heterocycles. The molecule has 2 nitrogen and oxygen atoms in total. The van der Waals surface area contributed by atoms with Crippen molar-refractivity contribution in [1.29, 1.82) is 0 Å². The maximum absolute atomic E-state index is 12.4. The van der Waals surface area contributed by atoms with Crippen molar-refractivity contribution in [2.75, 3.05) is 0 Å². The highest BCUT2D eigenvalue weighted by Gasteiger charge is 2.18. The van der Waals surface area contributed by atoms with Crippen LogP contribution in [0.2, 0.25) is 0 Å². The number of hydrogen-bond donors (Lipinski definition) is 1. The molecule has 0 aliphatic heterocycles. The summed E-state index contributed by atoms with van der Waals surface area (Å²) < 4.78 is 25.1. The number of aromatic nitrogens is 1. The molecule has 0 amide bonds. The SMILES string of the molecule is O=c1[nH]cc(CBr)c(I)c1C(F)F. The van der Waals surface area contributed by atoms with Crippen molar-refractivity contribution in [1.82, 2.24) is 4.98 Å². The molecule has 0 bridgehead atoms. The minimum Gasteiger partial charge on any atom is -0.328 e. The minimum atomic E-state index is -2.73. The Hall–Kier alpha value is 0.0200. The number of hydrogen-bond acceptors (Lipinski definition) is 1. The van der Waals surface area contributed by atoms with Crippen LogP contribution >= 0.6 is 38.5 Å². The molecule has 0 saturated carbocycles. The van der Waals surface area contributed by atoms with E-state index in [1.807, 2.05) is 0 Å². The van der Waals surface area contributed by atoms with Gasteiger partial charge in [0, 0.05) is 15.1 Å². The number of alkyl halides is 3. The molecule has 0 aromatic carbocycles. The molecule has 72 valence electrons. The van der Waals surface area contributed by atoms with Crippen LogP contribution in [0.1, 0.15) is 17.6 Å². The fourth-order valence-electron chi connectivity index (χ4n) is 0.859. The Labute approximate surface area is 95.0 Å². The third-order valence-corrected chi connectivity index (χ3v) is 3.38. The van der Waals surface area contributed by atoms with Crippen molar-refractivity contribution >= 4 is 38.5 Å². The van der Waals surface area contributed by atoms with Crippen molar-refractivity contribution in [3.63, 3.8) is 0 Å². The molecule has 1 heterocycles. The zero-order valence-electron chi connectivity index (χ0n) is 6.28. The smallest absolute Gasteiger partial charge is 0.270 e. The lowest BCUT2D eigenvalue weighted by Gasteiger charge is -2.05. The highest BCUT2D eigenvalue weighted by Crippen LogP contribution is 2.24. The van der Waals surface area contributed by atoms with Crippen LogP contribution in [0.4, 0.5) is 8.78 Å². The summed E-state index contributed by atoms with van der Waals surface area (Å²) in [5, 5.41) is 0.446. The van der Waals surface area contributed by atoms with Gasteiger partial charge in [-0.25, -0.2) is 8.78 Å². The van der Waals surface area contributed by atoms with Crippen molar-refractivity contribution in [2.45, 2.75) is 11.8 Å². The average molecular weight is 364 g/mol. The van der Waals surface area contributed by atoms with E-state index in [1.165, 1.54) is 6.20 Å². The van der Waals surface area contributed by atoms with Crippen molar-refractivity contribution in [3.8, 4) is 0 Å². The Bertz CT molecular complexity index is 366. The van der Waals surface area contributed by atoms with E-state index in [9.17, 15) is 13.6 Å². The van der Waals surface area contributed by atoms with Crippen LogP contribution in [0, 0.1) is 3.57 Å². The van der Waals surface area contributed by atoms with Crippen LogP contribution in [0.3, 0.4) is 0 Å². The molecule has 0 saturated heterocycles. The second-order valence-electron chi connectivity index (χ2n) is 2.31. The zero-order valence-corrected chi connectivity index (χ0v) is 10.0. The number of pyridine rings is 1. The quantitative estimate of drug-likeness (QED) is 0.636. The molecule has 1 rings (SSSR count). The molecular formula is C7H5BrF2INO. The number of nitrogens with one attached hydrogen (secondary N) is 1. The topological polar surface area (TPSA) is 32.9 Å². The molecule has 0 radical (unpaired) electrons. The summed E-state index contributed by atoms with van der Waals surface area (Å²) in [5.74, 6) is 0. The van der Waals surface area contributed by atoms with Gasteiger partial charge in [-0.2, -0.15) is 0 Å².